The smallest absolute Gasteiger partial charge is 0.262 e. The Morgan fingerprint density at radius 3 is 2.65 bits per heavy atom. The number of anilines is 1. The average Bonchev–Trinajstić information content (AvgIpc) is 2.84. The zero-order chi connectivity index (χ0) is 24.1. The number of carbonyl (C=O) groups excluding carboxylic acids is 1. The molecule has 7 nitrogen and oxygen atoms in total. The Hall–Kier alpha value is -3.49. The summed E-state index contributed by atoms with van der Waals surface area (Å²) in [5, 5.41) is 4.38. The van der Waals surface area contributed by atoms with Crippen LogP contribution in [0.15, 0.2) is 76.7 Å². The molecule has 0 fully saturated rings. The van der Waals surface area contributed by atoms with Crippen LogP contribution in [0.4, 0.5) is 5.69 Å². The molecule has 0 saturated heterocycles. The number of amides is 1. The van der Waals surface area contributed by atoms with E-state index in [-0.39, 0.29) is 23.8 Å². The van der Waals surface area contributed by atoms with Gasteiger partial charge < -0.3 is 14.8 Å². The lowest BCUT2D eigenvalue weighted by molar-refractivity contribution is -0.113. The van der Waals surface area contributed by atoms with E-state index in [0.717, 1.165) is 5.56 Å². The molecule has 0 spiro atoms. The summed E-state index contributed by atoms with van der Waals surface area (Å²) in [5.74, 6) is 0.880. The average molecular weight is 496 g/mol. The number of nitrogens with one attached hydrogen (secondary N) is 1. The molecular weight excluding hydrogens is 474 g/mol. The molecular formula is C25H22ClN3O4S. The molecule has 0 atom stereocenters. The quantitative estimate of drug-likeness (QED) is 0.278. The van der Waals surface area contributed by atoms with Gasteiger partial charge in [0.25, 0.3) is 5.56 Å². The van der Waals surface area contributed by atoms with E-state index in [1.54, 1.807) is 60.2 Å². The molecule has 0 radical (unpaired) electrons. The van der Waals surface area contributed by atoms with Crippen LogP contribution in [0.25, 0.3) is 10.9 Å². The molecule has 0 aliphatic carbocycles. The van der Waals surface area contributed by atoms with Crippen LogP contribution in [0.5, 0.6) is 11.5 Å². The summed E-state index contributed by atoms with van der Waals surface area (Å²) in [7, 11) is 3.08. The number of hydrogen-bond donors (Lipinski definition) is 1. The summed E-state index contributed by atoms with van der Waals surface area (Å²) in [4.78, 5) is 30.7. The number of aromatic nitrogens is 2. The van der Waals surface area contributed by atoms with Gasteiger partial charge in [0, 0.05) is 11.1 Å². The monoisotopic (exact) mass is 495 g/mol. The van der Waals surface area contributed by atoms with Gasteiger partial charge in [-0.05, 0) is 42.0 Å². The molecule has 0 bridgehead atoms. The number of nitrogens with zero attached hydrogens (tertiary/aromatic N) is 2. The summed E-state index contributed by atoms with van der Waals surface area (Å²) >= 11 is 7.32. The molecule has 3 aromatic carbocycles. The molecule has 174 valence electrons. The Morgan fingerprint density at radius 2 is 1.88 bits per heavy atom. The van der Waals surface area contributed by atoms with Gasteiger partial charge in [0.15, 0.2) is 5.16 Å². The van der Waals surface area contributed by atoms with E-state index in [1.165, 1.54) is 18.9 Å². The molecule has 0 saturated carbocycles. The predicted molar refractivity (Wildman–Crippen MR) is 135 cm³/mol. The van der Waals surface area contributed by atoms with Crippen molar-refractivity contribution in [2.24, 2.45) is 0 Å². The molecule has 34 heavy (non-hydrogen) atoms. The van der Waals surface area contributed by atoms with Crippen molar-refractivity contribution in [3.63, 3.8) is 0 Å². The van der Waals surface area contributed by atoms with E-state index in [0.29, 0.717) is 38.3 Å². The van der Waals surface area contributed by atoms with Crippen LogP contribution in [0, 0.1) is 0 Å². The van der Waals surface area contributed by atoms with Crippen molar-refractivity contribution in [2.75, 3.05) is 25.3 Å². The third-order valence-corrected chi connectivity index (χ3v) is 6.28. The fourth-order valence-electron chi connectivity index (χ4n) is 3.44. The first-order valence-corrected chi connectivity index (χ1v) is 11.7. The number of rotatable bonds is 8. The molecule has 0 unspecified atom stereocenters. The van der Waals surface area contributed by atoms with Gasteiger partial charge in [-0.25, -0.2) is 4.98 Å². The van der Waals surface area contributed by atoms with Crippen LogP contribution in [-0.2, 0) is 11.3 Å². The second kappa shape index (κ2) is 10.6. The largest absolute Gasteiger partial charge is 0.497 e. The number of halogens is 1. The highest BCUT2D eigenvalue weighted by Gasteiger charge is 2.15. The Kier molecular flexibility index (Phi) is 7.40. The number of methoxy groups -OCH3 is 2. The number of benzene rings is 3. The third-order valence-electron chi connectivity index (χ3n) is 5.07. The van der Waals surface area contributed by atoms with Crippen molar-refractivity contribution in [3.05, 3.63) is 87.7 Å². The Labute approximate surface area is 205 Å². The Morgan fingerprint density at radius 1 is 1.06 bits per heavy atom. The lowest BCUT2D eigenvalue weighted by atomic mass is 10.2. The van der Waals surface area contributed by atoms with Gasteiger partial charge in [0.05, 0.1) is 43.1 Å². The second-order valence-electron chi connectivity index (χ2n) is 7.34. The number of thioether (sulfide) groups is 1. The lowest BCUT2D eigenvalue weighted by Gasteiger charge is -2.14. The van der Waals surface area contributed by atoms with Crippen molar-refractivity contribution < 1.29 is 14.3 Å². The molecule has 0 aliphatic rings. The topological polar surface area (TPSA) is 82.5 Å². The zero-order valence-corrected chi connectivity index (χ0v) is 20.2. The number of hydrogen-bond acceptors (Lipinski definition) is 6. The number of ether oxygens (including phenoxy) is 2. The van der Waals surface area contributed by atoms with E-state index in [9.17, 15) is 9.59 Å². The minimum atomic E-state index is -0.270. The molecule has 1 aromatic heterocycles. The van der Waals surface area contributed by atoms with Gasteiger partial charge in [-0.2, -0.15) is 0 Å². The number of carbonyl (C=O) groups is 1. The van der Waals surface area contributed by atoms with E-state index in [2.05, 4.69) is 10.3 Å². The highest BCUT2D eigenvalue weighted by molar-refractivity contribution is 7.99. The van der Waals surface area contributed by atoms with Crippen LogP contribution >= 0.6 is 23.4 Å². The maximum absolute atomic E-state index is 13.3. The Balaban J connectivity index is 1.61. The van der Waals surface area contributed by atoms with Gasteiger partial charge >= 0.3 is 0 Å². The minimum Gasteiger partial charge on any atom is -0.497 e. The molecule has 4 rings (SSSR count). The molecule has 1 amide bonds. The van der Waals surface area contributed by atoms with E-state index in [4.69, 9.17) is 21.1 Å². The highest BCUT2D eigenvalue weighted by atomic mass is 35.5. The maximum atomic E-state index is 13.3. The van der Waals surface area contributed by atoms with E-state index >= 15 is 0 Å². The summed E-state index contributed by atoms with van der Waals surface area (Å²) in [6.45, 7) is 0.283. The molecule has 1 N–H and O–H groups in total. The first-order chi connectivity index (χ1) is 16.5. The van der Waals surface area contributed by atoms with Crippen molar-refractivity contribution in [3.8, 4) is 11.5 Å². The van der Waals surface area contributed by atoms with Gasteiger partial charge in [-0.15, -0.1) is 0 Å². The van der Waals surface area contributed by atoms with Crippen LogP contribution < -0.4 is 20.3 Å². The van der Waals surface area contributed by atoms with Gasteiger partial charge in [-0.1, -0.05) is 47.6 Å². The summed E-state index contributed by atoms with van der Waals surface area (Å²) in [5.41, 5.74) is 1.75. The van der Waals surface area contributed by atoms with Gasteiger partial charge in [0.2, 0.25) is 5.91 Å². The first kappa shape index (κ1) is 23.7. The second-order valence-corrected chi connectivity index (χ2v) is 8.71. The zero-order valence-electron chi connectivity index (χ0n) is 18.6. The Bertz CT molecular complexity index is 1410. The maximum Gasteiger partial charge on any atom is 0.262 e. The number of para-hydroxylation sites is 1. The highest BCUT2D eigenvalue weighted by Crippen LogP contribution is 2.29. The van der Waals surface area contributed by atoms with Crippen LogP contribution in [0.1, 0.15) is 5.56 Å². The minimum absolute atomic E-state index is 0.0424. The van der Waals surface area contributed by atoms with E-state index < -0.39 is 0 Å². The predicted octanol–water partition coefficient (Wildman–Crippen LogP) is 4.85. The molecule has 0 aliphatic heterocycles. The summed E-state index contributed by atoms with van der Waals surface area (Å²) in [6, 6.07) is 19.6. The van der Waals surface area contributed by atoms with E-state index in [1.807, 2.05) is 18.2 Å². The van der Waals surface area contributed by atoms with Gasteiger partial charge in [-0.3, -0.25) is 14.2 Å². The third kappa shape index (κ3) is 5.35. The van der Waals surface area contributed by atoms with Crippen LogP contribution in [-0.4, -0.2) is 35.4 Å². The molecule has 1 heterocycles. The SMILES string of the molecule is COc1ccc(OC)c(NC(=O)CSc2nc3ccccc3c(=O)n2Cc2cccc(Cl)c2)c1. The van der Waals surface area contributed by atoms with Crippen molar-refractivity contribution in [1.82, 2.24) is 9.55 Å². The van der Waals surface area contributed by atoms with Crippen LogP contribution in [0.3, 0.4) is 0 Å². The molecule has 9 heteroatoms. The lowest BCUT2D eigenvalue weighted by Crippen LogP contribution is -2.25. The van der Waals surface area contributed by atoms with Crippen molar-refractivity contribution in [1.29, 1.82) is 0 Å². The van der Waals surface area contributed by atoms with Crippen molar-refractivity contribution in [2.45, 2.75) is 11.7 Å². The summed E-state index contributed by atoms with van der Waals surface area (Å²) < 4.78 is 12.1. The molecule has 4 aromatic rings. The summed E-state index contributed by atoms with van der Waals surface area (Å²) in [6.07, 6.45) is 0. The first-order valence-electron chi connectivity index (χ1n) is 10.4. The van der Waals surface area contributed by atoms with Crippen LogP contribution in [0.2, 0.25) is 5.02 Å². The standard InChI is InChI=1S/C25H22ClN3O4S/c1-32-18-10-11-22(33-2)21(13-18)27-23(30)15-34-25-28-20-9-4-3-8-19(20)24(31)29(25)14-16-6-5-7-17(26)12-16/h3-13H,14-15H2,1-2H3,(H,27,30). The normalized spacial score (nSPS) is 10.8. The number of fused-ring (bicyclic) bond motifs is 1. The fourth-order valence-corrected chi connectivity index (χ4v) is 4.45. The van der Waals surface area contributed by atoms with Crippen molar-refractivity contribution >= 4 is 45.9 Å². The fraction of sp³-hybridized carbons (Fsp3) is 0.160. The van der Waals surface area contributed by atoms with Gasteiger partial charge in [0.1, 0.15) is 11.5 Å².